The summed E-state index contributed by atoms with van der Waals surface area (Å²) < 4.78 is 10.2. The first-order chi connectivity index (χ1) is 8.93. The van der Waals surface area contributed by atoms with Crippen LogP contribution in [0, 0.1) is 0 Å². The Labute approximate surface area is 126 Å². The van der Waals surface area contributed by atoms with Crippen molar-refractivity contribution < 1.29 is 14.3 Å². The first kappa shape index (κ1) is 16.4. The fourth-order valence-corrected chi connectivity index (χ4v) is 1.96. The molecule has 0 radical (unpaired) electrons. The second-order valence-electron chi connectivity index (χ2n) is 3.91. The van der Waals surface area contributed by atoms with Gasteiger partial charge in [0.25, 0.3) is 5.91 Å². The maximum atomic E-state index is 11.6. The molecule has 0 aliphatic heterocycles. The number of hydrogen-bond donors (Lipinski definition) is 1. The van der Waals surface area contributed by atoms with Crippen molar-refractivity contribution in [1.29, 1.82) is 0 Å². The third-order valence-corrected chi connectivity index (χ3v) is 3.18. The van der Waals surface area contributed by atoms with Crippen molar-refractivity contribution in [2.24, 2.45) is 0 Å². The number of halogens is 3. The van der Waals surface area contributed by atoms with Crippen LogP contribution in [0.5, 0.6) is 5.75 Å². The predicted octanol–water partition coefficient (Wildman–Crippen LogP) is 3.18. The van der Waals surface area contributed by atoms with Crippen LogP contribution >= 0.6 is 34.8 Å². The molecule has 0 aliphatic carbocycles. The normalized spacial score (nSPS) is 12.1. The highest BCUT2D eigenvalue weighted by Gasteiger charge is 2.11. The maximum Gasteiger partial charge on any atom is 0.258 e. The standard InChI is InChI=1S/C12H14Cl3NO3/c1-7(5-18-2)16-12(17)6-19-11-4-9(14)8(13)3-10(11)15/h3-4,7H,5-6H2,1-2H3,(H,16,17). The van der Waals surface area contributed by atoms with Crippen molar-refractivity contribution in [2.45, 2.75) is 13.0 Å². The smallest absolute Gasteiger partial charge is 0.258 e. The SMILES string of the molecule is COCC(C)NC(=O)COc1cc(Cl)c(Cl)cc1Cl. The first-order valence-corrected chi connectivity index (χ1v) is 6.63. The Morgan fingerprint density at radius 1 is 1.26 bits per heavy atom. The Kier molecular flexibility index (Phi) is 6.72. The van der Waals surface area contributed by atoms with Gasteiger partial charge in [0.1, 0.15) is 5.75 Å². The maximum absolute atomic E-state index is 11.6. The zero-order valence-corrected chi connectivity index (χ0v) is 12.8. The number of nitrogens with one attached hydrogen (secondary N) is 1. The van der Waals surface area contributed by atoms with Gasteiger partial charge in [-0.2, -0.15) is 0 Å². The highest BCUT2D eigenvalue weighted by molar-refractivity contribution is 6.43. The van der Waals surface area contributed by atoms with Gasteiger partial charge in [-0.1, -0.05) is 34.8 Å². The van der Waals surface area contributed by atoms with Crippen LogP contribution < -0.4 is 10.1 Å². The monoisotopic (exact) mass is 325 g/mol. The van der Waals surface area contributed by atoms with Gasteiger partial charge in [-0.25, -0.2) is 0 Å². The Morgan fingerprint density at radius 2 is 1.89 bits per heavy atom. The molecule has 0 heterocycles. The zero-order chi connectivity index (χ0) is 14.4. The molecule has 4 nitrogen and oxygen atoms in total. The van der Waals surface area contributed by atoms with Gasteiger partial charge in [-0.3, -0.25) is 4.79 Å². The Bertz CT molecular complexity index is 454. The van der Waals surface area contributed by atoms with Gasteiger partial charge >= 0.3 is 0 Å². The molecule has 0 fully saturated rings. The molecule has 0 bridgehead atoms. The van der Waals surface area contributed by atoms with Gasteiger partial charge in [0, 0.05) is 19.2 Å². The summed E-state index contributed by atoms with van der Waals surface area (Å²) in [6.07, 6.45) is 0. The highest BCUT2D eigenvalue weighted by atomic mass is 35.5. The van der Waals surface area contributed by atoms with E-state index in [0.717, 1.165) is 0 Å². The third-order valence-electron chi connectivity index (χ3n) is 2.16. The van der Waals surface area contributed by atoms with Gasteiger partial charge in [-0.05, 0) is 13.0 Å². The van der Waals surface area contributed by atoms with Crippen molar-refractivity contribution in [3.8, 4) is 5.75 Å². The van der Waals surface area contributed by atoms with E-state index < -0.39 is 0 Å². The average molecular weight is 327 g/mol. The number of rotatable bonds is 6. The molecule has 1 aromatic carbocycles. The molecule has 1 atom stereocenters. The lowest BCUT2D eigenvalue weighted by atomic mass is 10.3. The lowest BCUT2D eigenvalue weighted by Gasteiger charge is -2.14. The fraction of sp³-hybridized carbons (Fsp3) is 0.417. The Balaban J connectivity index is 2.53. The van der Waals surface area contributed by atoms with E-state index in [-0.39, 0.29) is 18.6 Å². The van der Waals surface area contributed by atoms with E-state index >= 15 is 0 Å². The number of carbonyl (C=O) groups excluding carboxylic acids is 1. The summed E-state index contributed by atoms with van der Waals surface area (Å²) in [6.45, 7) is 2.10. The van der Waals surface area contributed by atoms with Crippen LogP contribution in [-0.4, -0.2) is 32.3 Å². The molecular formula is C12H14Cl3NO3. The average Bonchev–Trinajstić information content (AvgIpc) is 2.32. The lowest BCUT2D eigenvalue weighted by Crippen LogP contribution is -2.38. The quantitative estimate of drug-likeness (QED) is 0.817. The lowest BCUT2D eigenvalue weighted by molar-refractivity contribution is -0.124. The number of amides is 1. The van der Waals surface area contributed by atoms with Gasteiger partial charge in [0.15, 0.2) is 6.61 Å². The fourth-order valence-electron chi connectivity index (χ4n) is 1.37. The number of carbonyl (C=O) groups is 1. The molecule has 1 amide bonds. The summed E-state index contributed by atoms with van der Waals surface area (Å²) in [6, 6.07) is 2.84. The van der Waals surface area contributed by atoms with Crippen molar-refractivity contribution in [3.63, 3.8) is 0 Å². The molecule has 19 heavy (non-hydrogen) atoms. The predicted molar refractivity (Wildman–Crippen MR) is 76.4 cm³/mol. The van der Waals surface area contributed by atoms with Crippen LogP contribution in [0.15, 0.2) is 12.1 Å². The van der Waals surface area contributed by atoms with E-state index in [9.17, 15) is 4.79 Å². The summed E-state index contributed by atoms with van der Waals surface area (Å²) in [4.78, 5) is 11.6. The zero-order valence-electron chi connectivity index (χ0n) is 10.5. The number of ether oxygens (including phenoxy) is 2. The Morgan fingerprint density at radius 3 is 2.53 bits per heavy atom. The van der Waals surface area contributed by atoms with Crippen molar-refractivity contribution >= 4 is 40.7 Å². The molecule has 0 aromatic heterocycles. The van der Waals surface area contributed by atoms with Crippen LogP contribution in [0.4, 0.5) is 0 Å². The largest absolute Gasteiger partial charge is 0.482 e. The molecule has 0 spiro atoms. The minimum Gasteiger partial charge on any atom is -0.482 e. The van der Waals surface area contributed by atoms with Crippen molar-refractivity contribution in [3.05, 3.63) is 27.2 Å². The molecule has 1 rings (SSSR count). The highest BCUT2D eigenvalue weighted by Crippen LogP contribution is 2.33. The summed E-state index contributed by atoms with van der Waals surface area (Å²) in [5, 5.41) is 3.65. The van der Waals surface area contributed by atoms with Gasteiger partial charge < -0.3 is 14.8 Å². The van der Waals surface area contributed by atoms with Crippen molar-refractivity contribution in [2.75, 3.05) is 20.3 Å². The summed E-state index contributed by atoms with van der Waals surface area (Å²) in [5.41, 5.74) is 0. The summed E-state index contributed by atoms with van der Waals surface area (Å²) in [7, 11) is 1.56. The van der Waals surface area contributed by atoms with E-state index in [1.807, 2.05) is 6.92 Å². The molecule has 0 saturated carbocycles. The number of benzene rings is 1. The van der Waals surface area contributed by atoms with Gasteiger partial charge in [-0.15, -0.1) is 0 Å². The van der Waals surface area contributed by atoms with Crippen LogP contribution in [0.3, 0.4) is 0 Å². The van der Waals surface area contributed by atoms with Crippen LogP contribution in [0.25, 0.3) is 0 Å². The van der Waals surface area contributed by atoms with E-state index in [4.69, 9.17) is 44.3 Å². The van der Waals surface area contributed by atoms with Crippen LogP contribution in [-0.2, 0) is 9.53 Å². The van der Waals surface area contributed by atoms with E-state index in [0.29, 0.717) is 27.4 Å². The molecule has 1 N–H and O–H groups in total. The first-order valence-electron chi connectivity index (χ1n) is 5.49. The van der Waals surface area contributed by atoms with E-state index in [1.165, 1.54) is 12.1 Å². The van der Waals surface area contributed by atoms with Gasteiger partial charge in [0.05, 0.1) is 21.7 Å². The molecule has 1 aromatic rings. The van der Waals surface area contributed by atoms with Gasteiger partial charge in [0.2, 0.25) is 0 Å². The van der Waals surface area contributed by atoms with E-state index in [2.05, 4.69) is 5.32 Å². The molecule has 0 saturated heterocycles. The summed E-state index contributed by atoms with van der Waals surface area (Å²) >= 11 is 17.5. The molecular weight excluding hydrogens is 312 g/mol. The van der Waals surface area contributed by atoms with Crippen molar-refractivity contribution in [1.82, 2.24) is 5.32 Å². The second kappa shape index (κ2) is 7.80. The molecule has 106 valence electrons. The number of hydrogen-bond acceptors (Lipinski definition) is 3. The Hall–Kier alpha value is -0.680. The van der Waals surface area contributed by atoms with Crippen LogP contribution in [0.2, 0.25) is 15.1 Å². The molecule has 1 unspecified atom stereocenters. The second-order valence-corrected chi connectivity index (χ2v) is 5.13. The minimum atomic E-state index is -0.272. The number of methoxy groups -OCH3 is 1. The van der Waals surface area contributed by atoms with Crippen LogP contribution in [0.1, 0.15) is 6.92 Å². The summed E-state index contributed by atoms with van der Waals surface area (Å²) in [5.74, 6) is 0.0392. The van der Waals surface area contributed by atoms with E-state index in [1.54, 1.807) is 7.11 Å². The molecule has 7 heteroatoms. The topological polar surface area (TPSA) is 47.6 Å². The third kappa shape index (κ3) is 5.45. The minimum absolute atomic E-state index is 0.0922. The molecule has 0 aliphatic rings.